The van der Waals surface area contributed by atoms with Crippen molar-refractivity contribution < 1.29 is 4.74 Å². The third-order valence-corrected chi connectivity index (χ3v) is 2.93. The van der Waals surface area contributed by atoms with Gasteiger partial charge in [-0.15, -0.1) is 23.2 Å². The lowest BCUT2D eigenvalue weighted by Crippen LogP contribution is -2.37. The van der Waals surface area contributed by atoms with E-state index in [2.05, 4.69) is 4.99 Å². The molecule has 2 unspecified atom stereocenters. The number of hydrogen-bond donors (Lipinski definition) is 0. The summed E-state index contributed by atoms with van der Waals surface area (Å²) in [6, 6.07) is 0. The van der Waals surface area contributed by atoms with Crippen LogP contribution in [0.4, 0.5) is 0 Å². The Balaban J connectivity index is 2.45. The Hall–Kier alpha value is 0.0500. The Morgan fingerprint density at radius 3 is 2.42 bits per heavy atom. The van der Waals surface area contributed by atoms with Crippen LogP contribution in [0, 0.1) is 0 Å². The van der Waals surface area contributed by atoms with Crippen molar-refractivity contribution in [1.29, 1.82) is 0 Å². The number of rotatable bonds is 2. The Bertz CT molecular complexity index is 153. The lowest BCUT2D eigenvalue weighted by Gasteiger charge is -2.30. The summed E-state index contributed by atoms with van der Waals surface area (Å²) in [6.07, 6.45) is 4.39. The molecular formula is C8H13Cl2NO. The molecule has 0 bridgehead atoms. The predicted molar refractivity (Wildman–Crippen MR) is 52.4 cm³/mol. The van der Waals surface area contributed by atoms with Gasteiger partial charge in [-0.1, -0.05) is 6.42 Å². The standard InChI is InChI=1S/C8H13Cl2NO/c1-11-5-12-8-6(9)3-2-4-7(8)10/h5-8H,2-4H2,1H3. The summed E-state index contributed by atoms with van der Waals surface area (Å²) in [5.74, 6) is 0. The van der Waals surface area contributed by atoms with Crippen LogP contribution in [0.1, 0.15) is 19.3 Å². The lowest BCUT2D eigenvalue weighted by molar-refractivity contribution is 0.160. The molecule has 1 saturated carbocycles. The number of aliphatic imine (C=N–C) groups is 1. The second kappa shape index (κ2) is 4.93. The summed E-state index contributed by atoms with van der Waals surface area (Å²) in [6.45, 7) is 0. The van der Waals surface area contributed by atoms with Crippen LogP contribution in [0.5, 0.6) is 0 Å². The van der Waals surface area contributed by atoms with Crippen molar-refractivity contribution in [3.63, 3.8) is 0 Å². The molecular weight excluding hydrogens is 197 g/mol. The molecule has 2 atom stereocenters. The molecule has 4 heteroatoms. The van der Waals surface area contributed by atoms with Gasteiger partial charge in [0.1, 0.15) is 6.10 Å². The van der Waals surface area contributed by atoms with E-state index in [-0.39, 0.29) is 16.9 Å². The predicted octanol–water partition coefficient (Wildman–Crippen LogP) is 2.43. The molecule has 70 valence electrons. The number of hydrogen-bond acceptors (Lipinski definition) is 2. The third-order valence-electron chi connectivity index (χ3n) is 2.00. The van der Waals surface area contributed by atoms with E-state index < -0.39 is 0 Å². The van der Waals surface area contributed by atoms with Gasteiger partial charge in [0.05, 0.1) is 10.8 Å². The zero-order valence-corrected chi connectivity index (χ0v) is 8.55. The van der Waals surface area contributed by atoms with Crippen molar-refractivity contribution in [3.8, 4) is 0 Å². The topological polar surface area (TPSA) is 21.6 Å². The summed E-state index contributed by atoms with van der Waals surface area (Å²) < 4.78 is 5.30. The van der Waals surface area contributed by atoms with E-state index in [0.29, 0.717) is 0 Å². The Morgan fingerprint density at radius 2 is 1.92 bits per heavy atom. The second-order valence-electron chi connectivity index (χ2n) is 2.93. The van der Waals surface area contributed by atoms with Gasteiger partial charge in [-0.05, 0) is 12.8 Å². The van der Waals surface area contributed by atoms with Crippen LogP contribution >= 0.6 is 23.2 Å². The average Bonchev–Trinajstić information content (AvgIpc) is 2.04. The Morgan fingerprint density at radius 1 is 1.33 bits per heavy atom. The normalized spacial score (nSPS) is 37.1. The number of ether oxygens (including phenoxy) is 1. The molecule has 0 N–H and O–H groups in total. The van der Waals surface area contributed by atoms with E-state index in [4.69, 9.17) is 27.9 Å². The summed E-state index contributed by atoms with van der Waals surface area (Å²) in [7, 11) is 1.66. The van der Waals surface area contributed by atoms with Crippen LogP contribution in [0.2, 0.25) is 0 Å². The summed E-state index contributed by atoms with van der Waals surface area (Å²) in [5.41, 5.74) is 0. The van der Waals surface area contributed by atoms with E-state index in [1.54, 1.807) is 7.05 Å². The molecule has 1 aliphatic rings. The minimum Gasteiger partial charge on any atom is -0.477 e. The Labute approximate surface area is 82.9 Å². The first-order valence-electron chi connectivity index (χ1n) is 4.10. The highest BCUT2D eigenvalue weighted by Crippen LogP contribution is 2.29. The molecule has 2 nitrogen and oxygen atoms in total. The fourth-order valence-electron chi connectivity index (χ4n) is 1.36. The van der Waals surface area contributed by atoms with Crippen molar-refractivity contribution in [3.05, 3.63) is 0 Å². The highest BCUT2D eigenvalue weighted by Gasteiger charge is 2.31. The van der Waals surface area contributed by atoms with Gasteiger partial charge in [0.2, 0.25) is 0 Å². The lowest BCUT2D eigenvalue weighted by atomic mass is 9.97. The first kappa shape index (κ1) is 10.1. The minimum atomic E-state index is -0.0780. The fourth-order valence-corrected chi connectivity index (χ4v) is 2.22. The maximum absolute atomic E-state index is 6.04. The molecule has 1 fully saturated rings. The first-order valence-corrected chi connectivity index (χ1v) is 4.97. The molecule has 0 saturated heterocycles. The largest absolute Gasteiger partial charge is 0.477 e. The molecule has 0 aromatic rings. The van der Waals surface area contributed by atoms with Crippen molar-refractivity contribution >= 4 is 29.6 Å². The minimum absolute atomic E-state index is 0.0271. The van der Waals surface area contributed by atoms with Crippen LogP contribution in [-0.2, 0) is 4.74 Å². The molecule has 1 rings (SSSR count). The molecule has 0 heterocycles. The van der Waals surface area contributed by atoms with E-state index in [0.717, 1.165) is 19.3 Å². The van der Waals surface area contributed by atoms with E-state index in [9.17, 15) is 0 Å². The first-order chi connectivity index (χ1) is 5.75. The van der Waals surface area contributed by atoms with Crippen molar-refractivity contribution in [2.45, 2.75) is 36.1 Å². The van der Waals surface area contributed by atoms with Gasteiger partial charge < -0.3 is 4.74 Å². The fraction of sp³-hybridized carbons (Fsp3) is 0.875. The van der Waals surface area contributed by atoms with Crippen molar-refractivity contribution in [1.82, 2.24) is 0 Å². The SMILES string of the molecule is CN=COC1C(Cl)CCCC1Cl. The maximum atomic E-state index is 6.04. The number of nitrogens with zero attached hydrogens (tertiary/aromatic N) is 1. The van der Waals surface area contributed by atoms with E-state index in [1.165, 1.54) is 6.40 Å². The number of halogens is 2. The van der Waals surface area contributed by atoms with Crippen molar-refractivity contribution in [2.24, 2.45) is 4.99 Å². The second-order valence-corrected chi connectivity index (χ2v) is 4.05. The van der Waals surface area contributed by atoms with Gasteiger partial charge in [0, 0.05) is 7.05 Å². The zero-order chi connectivity index (χ0) is 8.97. The smallest absolute Gasteiger partial charge is 0.169 e. The van der Waals surface area contributed by atoms with Gasteiger partial charge in [-0.2, -0.15) is 0 Å². The summed E-state index contributed by atoms with van der Waals surface area (Å²) in [5, 5.41) is 0.0542. The van der Waals surface area contributed by atoms with Crippen molar-refractivity contribution in [2.75, 3.05) is 7.05 Å². The zero-order valence-electron chi connectivity index (χ0n) is 7.04. The monoisotopic (exact) mass is 209 g/mol. The van der Waals surface area contributed by atoms with Crippen LogP contribution < -0.4 is 0 Å². The van der Waals surface area contributed by atoms with Crippen LogP contribution in [0.15, 0.2) is 4.99 Å². The summed E-state index contributed by atoms with van der Waals surface area (Å²) in [4.78, 5) is 3.73. The van der Waals surface area contributed by atoms with Crippen LogP contribution in [-0.4, -0.2) is 30.3 Å². The molecule has 0 aromatic carbocycles. The van der Waals surface area contributed by atoms with Gasteiger partial charge in [0.15, 0.2) is 6.40 Å². The maximum Gasteiger partial charge on any atom is 0.169 e. The third kappa shape index (κ3) is 2.53. The molecule has 12 heavy (non-hydrogen) atoms. The van der Waals surface area contributed by atoms with Gasteiger partial charge in [-0.25, -0.2) is 0 Å². The quantitative estimate of drug-likeness (QED) is 0.389. The van der Waals surface area contributed by atoms with Crippen LogP contribution in [0.3, 0.4) is 0 Å². The summed E-state index contributed by atoms with van der Waals surface area (Å²) >= 11 is 12.1. The van der Waals surface area contributed by atoms with Gasteiger partial charge >= 0.3 is 0 Å². The molecule has 1 aliphatic carbocycles. The van der Waals surface area contributed by atoms with E-state index >= 15 is 0 Å². The number of alkyl halides is 2. The van der Waals surface area contributed by atoms with E-state index in [1.807, 2.05) is 0 Å². The van der Waals surface area contributed by atoms with Gasteiger partial charge in [0.25, 0.3) is 0 Å². The average molecular weight is 210 g/mol. The molecule has 0 aliphatic heterocycles. The highest BCUT2D eigenvalue weighted by molar-refractivity contribution is 6.24. The molecule has 0 spiro atoms. The highest BCUT2D eigenvalue weighted by atomic mass is 35.5. The van der Waals surface area contributed by atoms with Crippen LogP contribution in [0.25, 0.3) is 0 Å². The molecule has 0 aromatic heterocycles. The van der Waals surface area contributed by atoms with Gasteiger partial charge in [-0.3, -0.25) is 4.99 Å². The molecule has 0 radical (unpaired) electrons. The Kier molecular flexibility index (Phi) is 4.16. The molecule has 0 amide bonds.